The highest BCUT2D eigenvalue weighted by molar-refractivity contribution is 7.17. The minimum atomic E-state index is -4.38. The third kappa shape index (κ3) is 2.82. The Morgan fingerprint density at radius 2 is 1.77 bits per heavy atom. The summed E-state index contributed by atoms with van der Waals surface area (Å²) in [5.41, 5.74) is 0.299. The number of rotatable bonds is 2. The van der Waals surface area contributed by atoms with Gasteiger partial charge < -0.3 is 5.32 Å². The van der Waals surface area contributed by atoms with E-state index in [1.807, 2.05) is 6.07 Å². The molecule has 0 bridgehead atoms. The third-order valence-corrected chi connectivity index (χ3v) is 4.12. The number of halogens is 3. The molecule has 0 aliphatic rings. The molecule has 3 rings (SSSR count). The molecule has 1 amide bonds. The van der Waals surface area contributed by atoms with E-state index in [9.17, 15) is 18.0 Å². The first kappa shape index (κ1) is 14.6. The van der Waals surface area contributed by atoms with Gasteiger partial charge >= 0.3 is 6.18 Å². The molecule has 2 nitrogen and oxygen atoms in total. The molecular formula is C16H10F3NOS. The summed E-state index contributed by atoms with van der Waals surface area (Å²) in [4.78, 5) is 12.2. The molecule has 2 aromatic carbocycles. The Hall–Kier alpha value is -2.34. The van der Waals surface area contributed by atoms with Crippen molar-refractivity contribution in [3.63, 3.8) is 0 Å². The Kier molecular flexibility index (Phi) is 3.62. The zero-order chi connectivity index (χ0) is 15.7. The van der Waals surface area contributed by atoms with Crippen LogP contribution in [0.15, 0.2) is 53.9 Å². The van der Waals surface area contributed by atoms with Gasteiger partial charge in [0.25, 0.3) is 5.91 Å². The molecule has 6 heteroatoms. The Balaban J connectivity index is 1.93. The van der Waals surface area contributed by atoms with Crippen LogP contribution in [0.4, 0.5) is 18.9 Å². The summed E-state index contributed by atoms with van der Waals surface area (Å²) in [7, 11) is 0. The smallest absolute Gasteiger partial charge is 0.322 e. The normalized spacial score (nSPS) is 11.6. The van der Waals surface area contributed by atoms with Crippen LogP contribution in [-0.4, -0.2) is 5.91 Å². The molecule has 0 fully saturated rings. The summed E-state index contributed by atoms with van der Waals surface area (Å²) in [6.07, 6.45) is -4.38. The number of fused-ring (bicyclic) bond motifs is 1. The van der Waals surface area contributed by atoms with Crippen LogP contribution in [-0.2, 0) is 6.18 Å². The fourth-order valence-electron chi connectivity index (χ4n) is 2.10. The van der Waals surface area contributed by atoms with Gasteiger partial charge in [-0.25, -0.2) is 0 Å². The van der Waals surface area contributed by atoms with Gasteiger partial charge in [0.2, 0.25) is 0 Å². The van der Waals surface area contributed by atoms with Crippen molar-refractivity contribution in [1.29, 1.82) is 0 Å². The Labute approximate surface area is 128 Å². The first-order valence-corrected chi connectivity index (χ1v) is 7.28. The van der Waals surface area contributed by atoms with Gasteiger partial charge in [0.05, 0.1) is 11.1 Å². The van der Waals surface area contributed by atoms with Gasteiger partial charge in [0.1, 0.15) is 0 Å². The number of benzene rings is 2. The van der Waals surface area contributed by atoms with Crippen LogP contribution >= 0.6 is 11.3 Å². The molecule has 0 radical (unpaired) electrons. The summed E-state index contributed by atoms with van der Waals surface area (Å²) in [6, 6.07) is 12.3. The average molecular weight is 321 g/mol. The van der Waals surface area contributed by atoms with E-state index in [1.54, 1.807) is 29.6 Å². The first-order valence-electron chi connectivity index (χ1n) is 6.40. The fraction of sp³-hybridized carbons (Fsp3) is 0.0625. The minimum absolute atomic E-state index is 0.336. The van der Waals surface area contributed by atoms with Gasteiger partial charge in [0.15, 0.2) is 0 Å². The zero-order valence-electron chi connectivity index (χ0n) is 11.1. The van der Waals surface area contributed by atoms with Crippen molar-refractivity contribution >= 4 is 33.0 Å². The second kappa shape index (κ2) is 5.46. The standard InChI is InChI=1S/C16H10F3NOS/c17-16(18,19)10-6-7-12-13(9-22-14(12)8-10)15(21)20-11-4-2-1-3-5-11/h1-9H,(H,20,21). The maximum Gasteiger partial charge on any atom is 0.416 e. The summed E-state index contributed by atoms with van der Waals surface area (Å²) < 4.78 is 38.5. The molecule has 0 unspecified atom stereocenters. The lowest BCUT2D eigenvalue weighted by atomic mass is 10.1. The molecule has 1 aromatic heterocycles. The van der Waals surface area contributed by atoms with Gasteiger partial charge in [-0.15, -0.1) is 11.3 Å². The number of amides is 1. The van der Waals surface area contributed by atoms with Crippen LogP contribution in [0, 0.1) is 0 Å². The minimum Gasteiger partial charge on any atom is -0.322 e. The highest BCUT2D eigenvalue weighted by atomic mass is 32.1. The zero-order valence-corrected chi connectivity index (χ0v) is 12.0. The molecule has 1 heterocycles. The lowest BCUT2D eigenvalue weighted by Gasteiger charge is -2.07. The van der Waals surface area contributed by atoms with Crippen molar-refractivity contribution in [2.24, 2.45) is 0 Å². The topological polar surface area (TPSA) is 29.1 Å². The quantitative estimate of drug-likeness (QED) is 0.693. The van der Waals surface area contributed by atoms with Gasteiger partial charge in [0, 0.05) is 21.2 Å². The molecule has 0 saturated carbocycles. The highest BCUT2D eigenvalue weighted by Crippen LogP contribution is 2.34. The van der Waals surface area contributed by atoms with Crippen LogP contribution in [0.2, 0.25) is 0 Å². The van der Waals surface area contributed by atoms with Crippen LogP contribution in [0.25, 0.3) is 10.1 Å². The Morgan fingerprint density at radius 1 is 1.05 bits per heavy atom. The van der Waals surface area contributed by atoms with E-state index in [4.69, 9.17) is 0 Å². The molecule has 22 heavy (non-hydrogen) atoms. The molecule has 0 saturated heterocycles. The van der Waals surface area contributed by atoms with E-state index in [0.717, 1.165) is 23.5 Å². The van der Waals surface area contributed by atoms with Gasteiger partial charge in [-0.3, -0.25) is 4.79 Å². The number of carbonyl (C=O) groups excluding carboxylic acids is 1. The van der Waals surface area contributed by atoms with Crippen LogP contribution < -0.4 is 5.32 Å². The largest absolute Gasteiger partial charge is 0.416 e. The predicted octanol–water partition coefficient (Wildman–Crippen LogP) is 5.17. The molecule has 1 N–H and O–H groups in total. The van der Waals surface area contributed by atoms with Gasteiger partial charge in [-0.05, 0) is 24.3 Å². The molecular weight excluding hydrogens is 311 g/mol. The number of alkyl halides is 3. The number of nitrogens with one attached hydrogen (secondary N) is 1. The number of anilines is 1. The Bertz CT molecular complexity index is 824. The van der Waals surface area contributed by atoms with E-state index in [2.05, 4.69) is 5.32 Å². The lowest BCUT2D eigenvalue weighted by Crippen LogP contribution is -2.11. The van der Waals surface area contributed by atoms with Crippen molar-refractivity contribution in [2.45, 2.75) is 6.18 Å². The van der Waals surface area contributed by atoms with Crippen molar-refractivity contribution < 1.29 is 18.0 Å². The molecule has 0 aliphatic heterocycles. The highest BCUT2D eigenvalue weighted by Gasteiger charge is 2.30. The summed E-state index contributed by atoms with van der Waals surface area (Å²) in [5, 5.41) is 4.82. The van der Waals surface area contributed by atoms with E-state index in [1.165, 1.54) is 6.07 Å². The van der Waals surface area contributed by atoms with Crippen LogP contribution in [0.1, 0.15) is 15.9 Å². The second-order valence-electron chi connectivity index (χ2n) is 4.68. The van der Waals surface area contributed by atoms with E-state index >= 15 is 0 Å². The molecule has 0 atom stereocenters. The predicted molar refractivity (Wildman–Crippen MR) is 81.2 cm³/mol. The van der Waals surface area contributed by atoms with Crippen molar-refractivity contribution in [1.82, 2.24) is 0 Å². The van der Waals surface area contributed by atoms with E-state index in [-0.39, 0.29) is 5.91 Å². The SMILES string of the molecule is O=C(Nc1ccccc1)c1csc2cc(C(F)(F)F)ccc12. The molecule has 0 aliphatic carbocycles. The fourth-order valence-corrected chi connectivity index (χ4v) is 3.08. The van der Waals surface area contributed by atoms with Crippen LogP contribution in [0.3, 0.4) is 0 Å². The maximum absolute atomic E-state index is 12.7. The number of thiophene rings is 1. The molecule has 112 valence electrons. The number of para-hydroxylation sites is 1. The van der Waals surface area contributed by atoms with E-state index < -0.39 is 11.7 Å². The van der Waals surface area contributed by atoms with Crippen molar-refractivity contribution in [2.75, 3.05) is 5.32 Å². The lowest BCUT2D eigenvalue weighted by molar-refractivity contribution is -0.137. The second-order valence-corrected chi connectivity index (χ2v) is 5.59. The summed E-state index contributed by atoms with van der Waals surface area (Å²) in [5.74, 6) is -0.336. The van der Waals surface area contributed by atoms with Gasteiger partial charge in [-0.1, -0.05) is 24.3 Å². The summed E-state index contributed by atoms with van der Waals surface area (Å²) >= 11 is 1.12. The van der Waals surface area contributed by atoms with Gasteiger partial charge in [-0.2, -0.15) is 13.2 Å². The number of hydrogen-bond acceptors (Lipinski definition) is 2. The molecule has 3 aromatic rings. The average Bonchev–Trinajstić information content (AvgIpc) is 2.90. The van der Waals surface area contributed by atoms with Crippen LogP contribution in [0.5, 0.6) is 0 Å². The third-order valence-electron chi connectivity index (χ3n) is 3.18. The van der Waals surface area contributed by atoms with Crippen molar-refractivity contribution in [3.8, 4) is 0 Å². The Morgan fingerprint density at radius 3 is 2.45 bits per heavy atom. The number of carbonyl (C=O) groups is 1. The maximum atomic E-state index is 12.7. The van der Waals surface area contributed by atoms with E-state index in [0.29, 0.717) is 21.3 Å². The monoisotopic (exact) mass is 321 g/mol. The number of hydrogen-bond donors (Lipinski definition) is 1. The first-order chi connectivity index (χ1) is 10.4. The molecule has 0 spiro atoms. The van der Waals surface area contributed by atoms with Crippen molar-refractivity contribution in [3.05, 3.63) is 65.0 Å². The summed E-state index contributed by atoms with van der Waals surface area (Å²) in [6.45, 7) is 0.